The second-order valence-corrected chi connectivity index (χ2v) is 5.45. The van der Waals surface area contributed by atoms with Crippen LogP contribution in [-0.4, -0.2) is 47.7 Å². The van der Waals surface area contributed by atoms with Crippen molar-refractivity contribution in [2.24, 2.45) is 0 Å². The van der Waals surface area contributed by atoms with Crippen LogP contribution in [0.25, 0.3) is 0 Å². The molecule has 0 saturated carbocycles. The number of piperidine rings is 1. The van der Waals surface area contributed by atoms with Gasteiger partial charge >= 0.3 is 12.0 Å². The van der Waals surface area contributed by atoms with Crippen LogP contribution in [0.3, 0.4) is 0 Å². The van der Waals surface area contributed by atoms with E-state index in [1.165, 1.54) is 6.07 Å². The smallest absolute Gasteiger partial charge is 0.371 e. The first kappa shape index (κ1) is 15.4. The standard InChI is InChI=1S/C14H21N3O4/c1-9-7-10(5-6-17(9)2)16-14(20)15-8-11-3-4-12(21-11)13(18)19/h3-4,9-10H,5-8H2,1-2H3,(H,18,19)(H2,15,16,20). The summed E-state index contributed by atoms with van der Waals surface area (Å²) in [5, 5.41) is 14.3. The van der Waals surface area contributed by atoms with Crippen molar-refractivity contribution >= 4 is 12.0 Å². The van der Waals surface area contributed by atoms with Gasteiger partial charge in [-0.3, -0.25) is 0 Å². The van der Waals surface area contributed by atoms with E-state index in [4.69, 9.17) is 9.52 Å². The van der Waals surface area contributed by atoms with Crippen LogP contribution in [0.15, 0.2) is 16.5 Å². The average molecular weight is 295 g/mol. The normalized spacial score (nSPS) is 22.8. The monoisotopic (exact) mass is 295 g/mol. The summed E-state index contributed by atoms with van der Waals surface area (Å²) in [4.78, 5) is 24.8. The maximum atomic E-state index is 11.8. The third-order valence-corrected chi connectivity index (χ3v) is 3.84. The Morgan fingerprint density at radius 3 is 2.86 bits per heavy atom. The number of amides is 2. The van der Waals surface area contributed by atoms with E-state index in [-0.39, 0.29) is 24.4 Å². The van der Waals surface area contributed by atoms with Gasteiger partial charge in [0.1, 0.15) is 5.76 Å². The van der Waals surface area contributed by atoms with Gasteiger partial charge in [0, 0.05) is 18.6 Å². The molecule has 2 atom stereocenters. The molecule has 1 aromatic heterocycles. The van der Waals surface area contributed by atoms with Gasteiger partial charge in [-0.25, -0.2) is 9.59 Å². The average Bonchev–Trinajstić information content (AvgIpc) is 2.90. The quantitative estimate of drug-likeness (QED) is 0.777. The third kappa shape index (κ3) is 4.22. The Morgan fingerprint density at radius 1 is 1.48 bits per heavy atom. The molecule has 1 saturated heterocycles. The third-order valence-electron chi connectivity index (χ3n) is 3.84. The van der Waals surface area contributed by atoms with Crippen molar-refractivity contribution in [2.45, 2.75) is 38.4 Å². The molecule has 3 N–H and O–H groups in total. The zero-order valence-electron chi connectivity index (χ0n) is 12.3. The Balaban J connectivity index is 1.75. The van der Waals surface area contributed by atoms with Gasteiger partial charge in [0.25, 0.3) is 0 Å². The highest BCUT2D eigenvalue weighted by molar-refractivity contribution is 5.84. The molecule has 1 aromatic rings. The Kier molecular flexibility index (Phi) is 4.85. The maximum absolute atomic E-state index is 11.8. The molecule has 0 spiro atoms. The number of aromatic carboxylic acids is 1. The summed E-state index contributed by atoms with van der Waals surface area (Å²) in [5.41, 5.74) is 0. The molecule has 0 radical (unpaired) electrons. The first-order valence-corrected chi connectivity index (χ1v) is 7.02. The highest BCUT2D eigenvalue weighted by Gasteiger charge is 2.23. The number of hydrogen-bond donors (Lipinski definition) is 3. The molecule has 0 bridgehead atoms. The summed E-state index contributed by atoms with van der Waals surface area (Å²) in [6.45, 7) is 3.27. The summed E-state index contributed by atoms with van der Waals surface area (Å²) >= 11 is 0. The van der Waals surface area contributed by atoms with Gasteiger partial charge < -0.3 is 25.1 Å². The van der Waals surface area contributed by atoms with E-state index >= 15 is 0 Å². The fraction of sp³-hybridized carbons (Fsp3) is 0.571. The lowest BCUT2D eigenvalue weighted by atomic mass is 9.99. The first-order valence-electron chi connectivity index (χ1n) is 7.02. The fourth-order valence-electron chi connectivity index (χ4n) is 2.41. The van der Waals surface area contributed by atoms with Crippen molar-refractivity contribution in [3.63, 3.8) is 0 Å². The first-order chi connectivity index (χ1) is 9.95. The lowest BCUT2D eigenvalue weighted by molar-refractivity contribution is 0.0660. The molecule has 2 unspecified atom stereocenters. The van der Waals surface area contributed by atoms with Gasteiger partial charge in [-0.2, -0.15) is 0 Å². The van der Waals surface area contributed by atoms with E-state index in [1.54, 1.807) is 6.07 Å². The Morgan fingerprint density at radius 2 is 2.24 bits per heavy atom. The summed E-state index contributed by atoms with van der Waals surface area (Å²) < 4.78 is 5.07. The molecule has 2 amide bonds. The molecule has 1 aliphatic heterocycles. The predicted molar refractivity (Wildman–Crippen MR) is 76.2 cm³/mol. The second kappa shape index (κ2) is 6.62. The Hall–Kier alpha value is -2.02. The summed E-state index contributed by atoms with van der Waals surface area (Å²) in [6, 6.07) is 3.27. The number of carbonyl (C=O) groups is 2. The van der Waals surface area contributed by atoms with Crippen molar-refractivity contribution in [3.05, 3.63) is 23.7 Å². The molecule has 21 heavy (non-hydrogen) atoms. The molecule has 0 aliphatic carbocycles. The minimum Gasteiger partial charge on any atom is -0.475 e. The van der Waals surface area contributed by atoms with Crippen LogP contribution in [0.1, 0.15) is 36.1 Å². The van der Waals surface area contributed by atoms with Gasteiger partial charge in [-0.15, -0.1) is 0 Å². The lowest BCUT2D eigenvalue weighted by Gasteiger charge is -2.35. The molecule has 116 valence electrons. The van der Waals surface area contributed by atoms with E-state index < -0.39 is 5.97 Å². The van der Waals surface area contributed by atoms with Crippen molar-refractivity contribution in [3.8, 4) is 0 Å². The van der Waals surface area contributed by atoms with Crippen molar-refractivity contribution in [2.75, 3.05) is 13.6 Å². The van der Waals surface area contributed by atoms with Crippen LogP contribution >= 0.6 is 0 Å². The minimum atomic E-state index is -1.12. The summed E-state index contributed by atoms with van der Waals surface area (Å²) in [5.74, 6) is -0.832. The number of carbonyl (C=O) groups excluding carboxylic acids is 1. The zero-order valence-corrected chi connectivity index (χ0v) is 12.3. The van der Waals surface area contributed by atoms with E-state index in [2.05, 4.69) is 29.5 Å². The molecule has 1 aliphatic rings. The molecule has 7 heteroatoms. The van der Waals surface area contributed by atoms with Crippen LogP contribution in [0, 0.1) is 0 Å². The topological polar surface area (TPSA) is 94.8 Å². The van der Waals surface area contributed by atoms with Gasteiger partial charge in [-0.1, -0.05) is 0 Å². The highest BCUT2D eigenvalue weighted by atomic mass is 16.4. The van der Waals surface area contributed by atoms with Gasteiger partial charge in [-0.05, 0) is 38.9 Å². The number of carboxylic acid groups (broad SMARTS) is 1. The molecule has 2 heterocycles. The van der Waals surface area contributed by atoms with Gasteiger partial charge in [0.2, 0.25) is 5.76 Å². The van der Waals surface area contributed by atoms with Crippen molar-refractivity contribution < 1.29 is 19.1 Å². The van der Waals surface area contributed by atoms with Crippen LogP contribution in [-0.2, 0) is 6.54 Å². The Bertz CT molecular complexity index is 514. The van der Waals surface area contributed by atoms with E-state index in [9.17, 15) is 9.59 Å². The molecule has 1 fully saturated rings. The molecule has 2 rings (SSSR count). The van der Waals surface area contributed by atoms with Gasteiger partial charge in [0.05, 0.1) is 6.54 Å². The Labute approximate surface area is 123 Å². The SMILES string of the molecule is CC1CC(NC(=O)NCc2ccc(C(=O)O)o2)CCN1C. The number of nitrogens with one attached hydrogen (secondary N) is 2. The lowest BCUT2D eigenvalue weighted by Crippen LogP contribution is -2.49. The number of urea groups is 1. The van der Waals surface area contributed by atoms with Crippen LogP contribution in [0.5, 0.6) is 0 Å². The zero-order chi connectivity index (χ0) is 15.4. The number of nitrogens with zero attached hydrogens (tertiary/aromatic N) is 1. The summed E-state index contributed by atoms with van der Waals surface area (Å²) in [7, 11) is 2.08. The molecular weight excluding hydrogens is 274 g/mol. The molecule has 0 aromatic carbocycles. The van der Waals surface area contributed by atoms with Crippen LogP contribution < -0.4 is 10.6 Å². The van der Waals surface area contributed by atoms with Crippen LogP contribution in [0.2, 0.25) is 0 Å². The number of rotatable bonds is 4. The number of carboxylic acids is 1. The van der Waals surface area contributed by atoms with Crippen molar-refractivity contribution in [1.29, 1.82) is 0 Å². The van der Waals surface area contributed by atoms with Gasteiger partial charge in [0.15, 0.2) is 0 Å². The number of likely N-dealkylation sites (tertiary alicyclic amines) is 1. The van der Waals surface area contributed by atoms with E-state index in [1.807, 2.05) is 0 Å². The highest BCUT2D eigenvalue weighted by Crippen LogP contribution is 2.15. The summed E-state index contributed by atoms with van der Waals surface area (Å²) in [6.07, 6.45) is 1.85. The molecular formula is C14H21N3O4. The van der Waals surface area contributed by atoms with Crippen LogP contribution in [0.4, 0.5) is 4.79 Å². The fourth-order valence-corrected chi connectivity index (χ4v) is 2.41. The van der Waals surface area contributed by atoms with E-state index in [0.29, 0.717) is 11.8 Å². The maximum Gasteiger partial charge on any atom is 0.371 e. The predicted octanol–water partition coefficient (Wildman–Crippen LogP) is 1.26. The number of furan rings is 1. The van der Waals surface area contributed by atoms with E-state index in [0.717, 1.165) is 19.4 Å². The van der Waals surface area contributed by atoms with Crippen molar-refractivity contribution in [1.82, 2.24) is 15.5 Å². The second-order valence-electron chi connectivity index (χ2n) is 5.45. The molecule has 7 nitrogen and oxygen atoms in total. The largest absolute Gasteiger partial charge is 0.475 e. The minimum absolute atomic E-state index is 0.128. The number of hydrogen-bond acceptors (Lipinski definition) is 4.